The van der Waals surface area contributed by atoms with Crippen LogP contribution >= 0.6 is 0 Å². The summed E-state index contributed by atoms with van der Waals surface area (Å²) in [6.07, 6.45) is 2.52. The van der Waals surface area contributed by atoms with Crippen molar-refractivity contribution in [2.75, 3.05) is 0 Å². The largest absolute Gasteiger partial charge is 0.494 e. The van der Waals surface area contributed by atoms with E-state index >= 15 is 0 Å². The lowest BCUT2D eigenvalue weighted by molar-refractivity contribution is 0.00578. The quantitative estimate of drug-likeness (QED) is 0.324. The van der Waals surface area contributed by atoms with E-state index in [4.69, 9.17) is 9.31 Å². The predicted molar refractivity (Wildman–Crippen MR) is 163 cm³/mol. The molecule has 1 heterocycles. The highest BCUT2D eigenvalue weighted by molar-refractivity contribution is 6.62. The lowest BCUT2D eigenvalue weighted by Crippen LogP contribution is -2.50. The molecule has 3 heteroatoms. The molecule has 3 fully saturated rings. The zero-order valence-electron chi connectivity index (χ0n) is 25.4. The van der Waals surface area contributed by atoms with Crippen molar-refractivity contribution >= 4 is 12.6 Å². The van der Waals surface area contributed by atoms with Crippen molar-refractivity contribution in [2.45, 2.75) is 97.7 Å². The molecule has 4 unspecified atom stereocenters. The minimum atomic E-state index is -0.357. The minimum absolute atomic E-state index is 0.0912. The molecule has 2 aliphatic carbocycles. The first-order valence-electron chi connectivity index (χ1n) is 14.9. The van der Waals surface area contributed by atoms with E-state index in [2.05, 4.69) is 135 Å². The summed E-state index contributed by atoms with van der Waals surface area (Å²) in [5.74, 6) is 1.00. The Labute approximate surface area is 236 Å². The highest BCUT2D eigenvalue weighted by Gasteiger charge is 2.74. The lowest BCUT2D eigenvalue weighted by Gasteiger charge is -2.54. The van der Waals surface area contributed by atoms with E-state index in [1.807, 2.05) is 0 Å². The maximum absolute atomic E-state index is 6.51. The molecule has 4 atom stereocenters. The first-order valence-corrected chi connectivity index (χ1v) is 14.9. The van der Waals surface area contributed by atoms with Crippen LogP contribution in [-0.2, 0) is 14.7 Å². The van der Waals surface area contributed by atoms with Crippen molar-refractivity contribution in [3.05, 3.63) is 101 Å². The second-order valence-corrected chi connectivity index (χ2v) is 14.4. The Morgan fingerprint density at radius 3 is 1.77 bits per heavy atom. The van der Waals surface area contributed by atoms with Crippen LogP contribution in [0.15, 0.2) is 72.8 Å². The number of benzene rings is 3. The molecule has 1 saturated heterocycles. The first kappa shape index (κ1) is 26.8. The van der Waals surface area contributed by atoms with Crippen LogP contribution in [0.4, 0.5) is 0 Å². The zero-order chi connectivity index (χ0) is 28.0. The third-order valence-electron chi connectivity index (χ3n) is 11.9. The van der Waals surface area contributed by atoms with Gasteiger partial charge in [-0.1, -0.05) is 93.6 Å². The minimum Gasteiger partial charge on any atom is -0.399 e. The molecule has 204 valence electrons. The topological polar surface area (TPSA) is 18.5 Å². The van der Waals surface area contributed by atoms with Crippen LogP contribution in [0.5, 0.6) is 0 Å². The van der Waals surface area contributed by atoms with Gasteiger partial charge in [-0.2, -0.15) is 0 Å². The number of fused-ring (bicyclic) bond motifs is 2. The number of aryl methyl sites for hydroxylation is 2. The van der Waals surface area contributed by atoms with Crippen LogP contribution < -0.4 is 5.46 Å². The van der Waals surface area contributed by atoms with Gasteiger partial charge in [0.05, 0.1) is 11.2 Å². The Morgan fingerprint density at radius 2 is 1.23 bits per heavy atom. The summed E-state index contributed by atoms with van der Waals surface area (Å²) >= 11 is 0. The second-order valence-electron chi connectivity index (χ2n) is 14.4. The summed E-state index contributed by atoms with van der Waals surface area (Å²) in [5.41, 5.74) is 7.64. The van der Waals surface area contributed by atoms with Gasteiger partial charge in [-0.3, -0.25) is 0 Å². The Morgan fingerprint density at radius 1 is 0.718 bits per heavy atom. The average molecular weight is 521 g/mol. The standard InChI is InChI=1S/C36H45BO2/c1-24-22-28(37-38-33(5,6)34(7,8)39-37)23-25(2)30(24)36(27-18-14-11-15-19-27)31(26-16-12-10-13-17-26)29-20-21-35(36,9)32(29,3)4/h10-19,22-23,29,31H,20-21H2,1-9H3. The molecule has 39 heavy (non-hydrogen) atoms. The maximum atomic E-state index is 6.51. The van der Waals surface area contributed by atoms with Gasteiger partial charge in [-0.15, -0.1) is 0 Å². The molecule has 2 saturated carbocycles. The summed E-state index contributed by atoms with van der Waals surface area (Å²) in [5, 5.41) is 0. The van der Waals surface area contributed by atoms with Crippen molar-refractivity contribution in [3.63, 3.8) is 0 Å². The summed E-state index contributed by atoms with van der Waals surface area (Å²) in [7, 11) is -0.355. The molecule has 2 bridgehead atoms. The van der Waals surface area contributed by atoms with E-state index in [9.17, 15) is 0 Å². The monoisotopic (exact) mass is 520 g/mol. The van der Waals surface area contributed by atoms with Crippen molar-refractivity contribution < 1.29 is 9.31 Å². The van der Waals surface area contributed by atoms with Crippen LogP contribution in [0.1, 0.15) is 95.0 Å². The van der Waals surface area contributed by atoms with Gasteiger partial charge in [0.2, 0.25) is 0 Å². The summed E-state index contributed by atoms with van der Waals surface area (Å²) in [6, 6.07) is 27.5. The fraction of sp³-hybridized carbons (Fsp3) is 0.500. The van der Waals surface area contributed by atoms with Crippen LogP contribution in [0.25, 0.3) is 0 Å². The third kappa shape index (κ3) is 3.42. The Bertz CT molecular complexity index is 1350. The molecular formula is C36H45BO2. The smallest absolute Gasteiger partial charge is 0.399 e. The molecule has 2 nitrogen and oxygen atoms in total. The Kier molecular flexibility index (Phi) is 5.90. The van der Waals surface area contributed by atoms with Gasteiger partial charge in [-0.25, -0.2) is 0 Å². The number of hydrogen-bond acceptors (Lipinski definition) is 2. The maximum Gasteiger partial charge on any atom is 0.494 e. The molecule has 0 N–H and O–H groups in total. The molecule has 3 aromatic rings. The fourth-order valence-electron chi connectivity index (χ4n) is 9.12. The lowest BCUT2D eigenvalue weighted by atomic mass is 9.48. The van der Waals surface area contributed by atoms with E-state index in [0.717, 1.165) is 5.46 Å². The Balaban J connectivity index is 1.62. The van der Waals surface area contributed by atoms with Crippen LogP contribution in [0, 0.1) is 30.6 Å². The van der Waals surface area contributed by atoms with Crippen molar-refractivity contribution in [2.24, 2.45) is 16.7 Å². The van der Waals surface area contributed by atoms with Gasteiger partial charge in [0, 0.05) is 11.3 Å². The van der Waals surface area contributed by atoms with Crippen molar-refractivity contribution in [3.8, 4) is 0 Å². The van der Waals surface area contributed by atoms with Crippen molar-refractivity contribution in [1.29, 1.82) is 0 Å². The van der Waals surface area contributed by atoms with Gasteiger partial charge >= 0.3 is 7.12 Å². The van der Waals surface area contributed by atoms with Gasteiger partial charge in [0.1, 0.15) is 0 Å². The highest BCUT2D eigenvalue weighted by atomic mass is 16.7. The van der Waals surface area contributed by atoms with Gasteiger partial charge in [-0.05, 0) is 104 Å². The van der Waals surface area contributed by atoms with E-state index < -0.39 is 0 Å². The van der Waals surface area contributed by atoms with E-state index in [1.165, 1.54) is 40.7 Å². The molecule has 0 amide bonds. The third-order valence-corrected chi connectivity index (χ3v) is 11.9. The molecule has 0 spiro atoms. The van der Waals surface area contributed by atoms with Crippen molar-refractivity contribution in [1.82, 2.24) is 0 Å². The van der Waals surface area contributed by atoms with E-state index in [0.29, 0.717) is 11.8 Å². The molecule has 6 rings (SSSR count). The van der Waals surface area contributed by atoms with Gasteiger partial charge < -0.3 is 9.31 Å². The van der Waals surface area contributed by atoms with E-state index in [1.54, 1.807) is 0 Å². The van der Waals surface area contributed by atoms with Gasteiger partial charge in [0.25, 0.3) is 0 Å². The molecule has 0 radical (unpaired) electrons. The number of rotatable bonds is 4. The molecule has 3 aromatic carbocycles. The molecular weight excluding hydrogens is 475 g/mol. The van der Waals surface area contributed by atoms with E-state index in [-0.39, 0.29) is 34.6 Å². The SMILES string of the molecule is Cc1cc(B2OC(C)(C)C(C)(C)O2)cc(C)c1C1(c2ccccc2)C(c2ccccc2)C2CCC1(C)C2(C)C. The van der Waals surface area contributed by atoms with Crippen LogP contribution in [0.2, 0.25) is 0 Å². The number of hydrogen-bond donors (Lipinski definition) is 0. The van der Waals surface area contributed by atoms with Crippen LogP contribution in [-0.4, -0.2) is 18.3 Å². The van der Waals surface area contributed by atoms with Gasteiger partial charge in [0.15, 0.2) is 0 Å². The Hall–Kier alpha value is -2.36. The van der Waals surface area contributed by atoms with Crippen LogP contribution in [0.3, 0.4) is 0 Å². The summed E-state index contributed by atoms with van der Waals surface area (Å²) < 4.78 is 13.0. The first-order chi connectivity index (χ1) is 18.3. The normalized spacial score (nSPS) is 32.1. The molecule has 3 aliphatic rings. The molecule has 1 aliphatic heterocycles. The zero-order valence-corrected chi connectivity index (χ0v) is 25.4. The fourth-order valence-corrected chi connectivity index (χ4v) is 9.12. The summed E-state index contributed by atoms with van der Waals surface area (Å²) in [4.78, 5) is 0. The second kappa shape index (κ2) is 8.57. The predicted octanol–water partition coefficient (Wildman–Crippen LogP) is 8.13. The summed E-state index contributed by atoms with van der Waals surface area (Å²) in [6.45, 7) is 20.9. The average Bonchev–Trinajstić information content (AvgIpc) is 3.31. The molecule has 0 aromatic heterocycles. The highest BCUT2D eigenvalue weighted by Crippen LogP contribution is 2.80.